The van der Waals surface area contributed by atoms with Gasteiger partial charge in [-0.05, 0) is 32.1 Å². The zero-order chi connectivity index (χ0) is 26.9. The van der Waals surface area contributed by atoms with Crippen LogP contribution in [0.25, 0.3) is 0 Å². The highest BCUT2D eigenvalue weighted by Crippen LogP contribution is 2.43. The Kier molecular flexibility index (Phi) is 23.3. The zero-order valence-electron chi connectivity index (χ0n) is 22.5. The molecule has 0 spiro atoms. The van der Waals surface area contributed by atoms with Crippen LogP contribution in [0.3, 0.4) is 0 Å². The van der Waals surface area contributed by atoms with Crippen LogP contribution in [0.4, 0.5) is 0 Å². The second-order valence-corrected chi connectivity index (χ2v) is 10.3. The van der Waals surface area contributed by atoms with Gasteiger partial charge in [0.05, 0.1) is 13.2 Å². The maximum absolute atomic E-state index is 12.2. The Hall–Kier alpha value is -1.25. The van der Waals surface area contributed by atoms with Crippen molar-refractivity contribution in [2.45, 2.75) is 116 Å². The molecule has 0 aromatic rings. The van der Waals surface area contributed by atoms with Gasteiger partial charge in [-0.1, -0.05) is 77.4 Å². The molecular weight excluding hydrogens is 485 g/mol. The molecule has 0 aromatic heterocycles. The van der Waals surface area contributed by atoms with Crippen LogP contribution in [0.2, 0.25) is 0 Å². The average Bonchev–Trinajstić information content (AvgIpc) is 2.86. The van der Waals surface area contributed by atoms with Crippen molar-refractivity contribution in [2.24, 2.45) is 5.73 Å². The molecule has 0 bridgehead atoms. The monoisotopic (exact) mass is 535 g/mol. The maximum atomic E-state index is 12.2. The smallest absolute Gasteiger partial charge is 0.462 e. The highest BCUT2D eigenvalue weighted by Gasteiger charge is 2.25. The van der Waals surface area contributed by atoms with Crippen LogP contribution < -0.4 is 5.73 Å². The first-order valence-electron chi connectivity index (χ1n) is 13.7. The molecule has 2 atom stereocenters. The highest BCUT2D eigenvalue weighted by molar-refractivity contribution is 7.47. The van der Waals surface area contributed by atoms with Gasteiger partial charge in [0.1, 0.15) is 6.61 Å². The second-order valence-electron chi connectivity index (χ2n) is 8.87. The van der Waals surface area contributed by atoms with E-state index in [2.05, 4.69) is 23.6 Å². The molecule has 0 saturated carbocycles. The van der Waals surface area contributed by atoms with E-state index in [-0.39, 0.29) is 32.6 Å². The summed E-state index contributed by atoms with van der Waals surface area (Å²) in [5.74, 6) is -0.940. The number of phosphoric acid groups is 1. The first-order valence-corrected chi connectivity index (χ1v) is 15.2. The summed E-state index contributed by atoms with van der Waals surface area (Å²) in [4.78, 5) is 33.2. The third-order valence-electron chi connectivity index (χ3n) is 5.46. The van der Waals surface area contributed by atoms with Crippen LogP contribution >= 0.6 is 7.82 Å². The molecule has 0 aliphatic heterocycles. The molecule has 10 heteroatoms. The van der Waals surface area contributed by atoms with Gasteiger partial charge < -0.3 is 20.1 Å². The van der Waals surface area contributed by atoms with E-state index in [0.29, 0.717) is 6.42 Å². The van der Waals surface area contributed by atoms with Crippen molar-refractivity contribution in [2.75, 3.05) is 26.4 Å². The first kappa shape index (κ1) is 34.8. The van der Waals surface area contributed by atoms with E-state index in [1.165, 1.54) is 44.9 Å². The molecular formula is C26H50NO8P. The highest BCUT2D eigenvalue weighted by atomic mass is 31.2. The number of hydrogen-bond donors (Lipinski definition) is 2. The normalized spacial score (nSPS) is 14.0. The van der Waals surface area contributed by atoms with Gasteiger partial charge >= 0.3 is 19.8 Å². The van der Waals surface area contributed by atoms with Crippen LogP contribution in [0, 0.1) is 0 Å². The number of esters is 2. The minimum Gasteiger partial charge on any atom is -0.462 e. The molecule has 212 valence electrons. The van der Waals surface area contributed by atoms with E-state index in [4.69, 9.17) is 19.7 Å². The molecule has 0 rings (SSSR count). The Morgan fingerprint density at radius 3 is 2.00 bits per heavy atom. The summed E-state index contributed by atoms with van der Waals surface area (Å²) >= 11 is 0. The van der Waals surface area contributed by atoms with E-state index >= 15 is 0 Å². The fourth-order valence-electron chi connectivity index (χ4n) is 3.37. The van der Waals surface area contributed by atoms with Crippen LogP contribution in [0.5, 0.6) is 0 Å². The third kappa shape index (κ3) is 23.2. The van der Waals surface area contributed by atoms with Gasteiger partial charge in [0.2, 0.25) is 0 Å². The quantitative estimate of drug-likeness (QED) is 0.0626. The minimum absolute atomic E-state index is 0.0520. The number of ether oxygens (including phenoxy) is 2. The topological polar surface area (TPSA) is 134 Å². The van der Waals surface area contributed by atoms with Crippen molar-refractivity contribution < 1.29 is 37.6 Å². The van der Waals surface area contributed by atoms with Gasteiger partial charge in [-0.3, -0.25) is 18.6 Å². The lowest BCUT2D eigenvalue weighted by Gasteiger charge is -2.19. The van der Waals surface area contributed by atoms with Gasteiger partial charge in [-0.15, -0.1) is 0 Å². The molecule has 0 heterocycles. The van der Waals surface area contributed by atoms with E-state index < -0.39 is 32.5 Å². The average molecular weight is 536 g/mol. The molecule has 0 aliphatic carbocycles. The van der Waals surface area contributed by atoms with Gasteiger partial charge in [-0.25, -0.2) is 4.57 Å². The number of carbonyl (C=O) groups is 2. The standard InChI is InChI=1S/C26H50NO8P/c1-3-5-6-7-8-9-10-11-12-13-14-15-16-17-18-19-26(29)35-24(22-32-25(28)4-2)23-34-36(30,31)33-21-20-27/h11-12,24H,3-10,13-23,27H2,1-2H3,(H,30,31)/b12-11-. The Labute approximate surface area is 218 Å². The Morgan fingerprint density at radius 1 is 0.833 bits per heavy atom. The number of carbonyl (C=O) groups excluding carboxylic acids is 2. The predicted molar refractivity (Wildman–Crippen MR) is 141 cm³/mol. The molecule has 0 aromatic carbocycles. The van der Waals surface area contributed by atoms with Crippen molar-refractivity contribution in [1.29, 1.82) is 0 Å². The van der Waals surface area contributed by atoms with E-state index in [9.17, 15) is 19.0 Å². The largest absolute Gasteiger partial charge is 0.472 e. The Bertz CT molecular complexity index is 629. The summed E-state index contributed by atoms with van der Waals surface area (Å²) in [5, 5.41) is 0. The van der Waals surface area contributed by atoms with Crippen LogP contribution in [-0.2, 0) is 32.7 Å². The molecule has 36 heavy (non-hydrogen) atoms. The lowest BCUT2D eigenvalue weighted by atomic mass is 10.1. The van der Waals surface area contributed by atoms with E-state index in [1.54, 1.807) is 6.92 Å². The minimum atomic E-state index is -4.33. The molecule has 0 aliphatic rings. The van der Waals surface area contributed by atoms with Gasteiger partial charge in [0, 0.05) is 19.4 Å². The van der Waals surface area contributed by atoms with Crippen LogP contribution in [0.15, 0.2) is 12.2 Å². The Morgan fingerprint density at radius 2 is 1.42 bits per heavy atom. The summed E-state index contributed by atoms with van der Waals surface area (Å²) in [6.45, 7) is 3.07. The number of rotatable bonds is 25. The number of unbranched alkanes of at least 4 members (excludes halogenated alkanes) is 11. The van der Waals surface area contributed by atoms with Gasteiger partial charge in [0.25, 0.3) is 0 Å². The molecule has 9 nitrogen and oxygen atoms in total. The van der Waals surface area contributed by atoms with Crippen molar-refractivity contribution in [3.05, 3.63) is 12.2 Å². The summed E-state index contributed by atoms with van der Waals surface area (Å²) < 4.78 is 31.6. The molecule has 3 N–H and O–H groups in total. The third-order valence-corrected chi connectivity index (χ3v) is 6.44. The molecule has 2 unspecified atom stereocenters. The lowest BCUT2D eigenvalue weighted by Crippen LogP contribution is -2.29. The fraction of sp³-hybridized carbons (Fsp3) is 0.846. The number of allylic oxidation sites excluding steroid dienone is 2. The van der Waals surface area contributed by atoms with Crippen molar-refractivity contribution >= 4 is 19.8 Å². The zero-order valence-corrected chi connectivity index (χ0v) is 23.4. The van der Waals surface area contributed by atoms with Crippen molar-refractivity contribution in [3.63, 3.8) is 0 Å². The summed E-state index contributed by atoms with van der Waals surface area (Å²) in [7, 11) is -4.33. The van der Waals surface area contributed by atoms with Crippen molar-refractivity contribution in [1.82, 2.24) is 0 Å². The first-order chi connectivity index (χ1) is 17.3. The SMILES string of the molecule is CCCCCCCC/C=C\CCCCCCCC(=O)OC(COC(=O)CC)COP(=O)(O)OCCN. The Balaban J connectivity index is 4.00. The van der Waals surface area contributed by atoms with E-state index in [1.807, 2.05) is 0 Å². The molecule has 0 amide bonds. The van der Waals surface area contributed by atoms with Crippen molar-refractivity contribution in [3.8, 4) is 0 Å². The summed E-state index contributed by atoms with van der Waals surface area (Å²) in [5.41, 5.74) is 5.24. The van der Waals surface area contributed by atoms with Gasteiger partial charge in [-0.2, -0.15) is 0 Å². The molecule has 0 radical (unpaired) electrons. The van der Waals surface area contributed by atoms with Gasteiger partial charge in [0.15, 0.2) is 6.10 Å². The number of nitrogens with two attached hydrogens (primary N) is 1. The number of phosphoric ester groups is 1. The number of hydrogen-bond acceptors (Lipinski definition) is 8. The van der Waals surface area contributed by atoms with Crippen LogP contribution in [-0.4, -0.2) is 49.3 Å². The second kappa shape index (κ2) is 24.1. The van der Waals surface area contributed by atoms with E-state index in [0.717, 1.165) is 32.1 Å². The van der Waals surface area contributed by atoms with Crippen LogP contribution in [0.1, 0.15) is 110 Å². The fourth-order valence-corrected chi connectivity index (χ4v) is 4.14. The molecule has 0 fully saturated rings. The lowest BCUT2D eigenvalue weighted by molar-refractivity contribution is -0.161. The predicted octanol–water partition coefficient (Wildman–Crippen LogP) is 5.98. The summed E-state index contributed by atoms with van der Waals surface area (Å²) in [6, 6.07) is 0. The molecule has 0 saturated heterocycles. The summed E-state index contributed by atoms with van der Waals surface area (Å²) in [6.07, 6.45) is 19.1. The maximum Gasteiger partial charge on any atom is 0.472 e.